The number of anilines is 1. The number of aliphatic hydroxyl groups is 1. The van der Waals surface area contributed by atoms with E-state index in [2.05, 4.69) is 5.32 Å². The first-order valence-electron chi connectivity index (χ1n) is 11.9. The Balaban J connectivity index is 1.70. The van der Waals surface area contributed by atoms with E-state index in [1.807, 2.05) is 19.9 Å². The van der Waals surface area contributed by atoms with Crippen LogP contribution in [0, 0.1) is 11.2 Å². The van der Waals surface area contributed by atoms with Gasteiger partial charge in [-0.2, -0.15) is 0 Å². The van der Waals surface area contributed by atoms with Gasteiger partial charge in [-0.25, -0.2) is 16.8 Å². The third-order valence-corrected chi connectivity index (χ3v) is 9.23. The van der Waals surface area contributed by atoms with E-state index in [4.69, 9.17) is 5.73 Å². The van der Waals surface area contributed by atoms with Crippen molar-refractivity contribution < 1.29 is 22.7 Å². The Bertz CT molecular complexity index is 1440. The maximum atomic E-state index is 14.2. The third-order valence-electron chi connectivity index (χ3n) is 7.11. The van der Waals surface area contributed by atoms with Crippen LogP contribution in [0.5, 0.6) is 0 Å². The molecule has 0 radical (unpaired) electrons. The molecule has 3 aromatic rings. The van der Waals surface area contributed by atoms with E-state index in [-0.39, 0.29) is 17.9 Å². The largest absolute Gasteiger partial charge is 0.393 e. The number of nitrogens with one attached hydrogen (secondary N) is 1. The van der Waals surface area contributed by atoms with Gasteiger partial charge >= 0.3 is 0 Å². The van der Waals surface area contributed by atoms with Crippen molar-refractivity contribution >= 4 is 32.5 Å². The van der Waals surface area contributed by atoms with Gasteiger partial charge in [-0.3, -0.25) is 4.79 Å². The van der Waals surface area contributed by atoms with Crippen LogP contribution >= 0.6 is 0 Å². The zero-order valence-electron chi connectivity index (χ0n) is 19.8. The summed E-state index contributed by atoms with van der Waals surface area (Å²) in [4.78, 5) is 12.2. The molecule has 2 aromatic carbocycles. The molecule has 0 unspecified atom stereocenters. The van der Waals surface area contributed by atoms with Crippen LogP contribution < -0.4 is 11.1 Å². The number of carbonyl (C=O) groups is 1. The number of nitrogens with zero attached hydrogens (tertiary/aromatic N) is 1. The molecular weight excluding hydrogens is 469 g/mol. The number of rotatable bonds is 4. The number of hydrogen-bond acceptors (Lipinski definition) is 5. The summed E-state index contributed by atoms with van der Waals surface area (Å²) in [5.74, 6) is -1.10. The smallest absolute Gasteiger partial charge is 0.250 e. The average molecular weight is 500 g/mol. The lowest BCUT2D eigenvalue weighted by Crippen LogP contribution is -2.36. The predicted molar refractivity (Wildman–Crippen MR) is 134 cm³/mol. The molecule has 0 saturated heterocycles. The summed E-state index contributed by atoms with van der Waals surface area (Å²) in [6, 6.07) is 9.55. The Morgan fingerprint density at radius 1 is 1.14 bits per heavy atom. The van der Waals surface area contributed by atoms with Gasteiger partial charge in [0, 0.05) is 28.4 Å². The lowest BCUT2D eigenvalue weighted by molar-refractivity contribution is 0.100. The second kappa shape index (κ2) is 8.34. The van der Waals surface area contributed by atoms with Gasteiger partial charge in [0.05, 0.1) is 22.9 Å². The number of aliphatic hydroxyl groups excluding tert-OH is 1. The number of fused-ring (bicyclic) bond motifs is 3. The summed E-state index contributed by atoms with van der Waals surface area (Å²) in [6.07, 6.45) is 3.08. The Labute approximate surface area is 204 Å². The summed E-state index contributed by atoms with van der Waals surface area (Å²) in [6.45, 7) is 3.83. The molecule has 9 heteroatoms. The molecular formula is C26H30FN3O4S. The van der Waals surface area contributed by atoms with E-state index in [0.29, 0.717) is 47.1 Å². The van der Waals surface area contributed by atoms with Gasteiger partial charge < -0.3 is 16.2 Å². The van der Waals surface area contributed by atoms with E-state index in [1.165, 1.54) is 16.1 Å². The predicted octanol–water partition coefficient (Wildman–Crippen LogP) is 4.02. The molecule has 1 fully saturated rings. The summed E-state index contributed by atoms with van der Waals surface area (Å²) < 4.78 is 42.1. The van der Waals surface area contributed by atoms with E-state index in [1.54, 1.807) is 18.2 Å². The van der Waals surface area contributed by atoms with Crippen molar-refractivity contribution in [1.29, 1.82) is 0 Å². The van der Waals surface area contributed by atoms with E-state index in [0.717, 1.165) is 24.0 Å². The van der Waals surface area contributed by atoms with Gasteiger partial charge in [-0.05, 0) is 73.4 Å². The zero-order valence-corrected chi connectivity index (χ0v) is 20.7. The topological polar surface area (TPSA) is 114 Å². The Hall–Kier alpha value is -2.91. The number of carbonyl (C=O) groups excluding carboxylic acids is 1. The van der Waals surface area contributed by atoms with Crippen LogP contribution in [0.1, 0.15) is 55.6 Å². The third kappa shape index (κ3) is 4.31. The highest BCUT2D eigenvalue weighted by Gasteiger charge is 2.39. The maximum Gasteiger partial charge on any atom is 0.250 e. The van der Waals surface area contributed by atoms with E-state index >= 15 is 0 Å². The van der Waals surface area contributed by atoms with Gasteiger partial charge in [0.15, 0.2) is 0 Å². The van der Waals surface area contributed by atoms with Crippen LogP contribution in [-0.2, 0) is 16.4 Å². The summed E-state index contributed by atoms with van der Waals surface area (Å²) in [5.41, 5.74) is 8.46. The summed E-state index contributed by atoms with van der Waals surface area (Å²) >= 11 is 0. The number of benzene rings is 2. The number of nitrogens with two attached hydrogens (primary N) is 1. The molecule has 0 bridgehead atoms. The second-order valence-corrected chi connectivity index (χ2v) is 12.4. The van der Waals surface area contributed by atoms with Gasteiger partial charge in [-0.1, -0.05) is 19.9 Å². The molecule has 7 nitrogen and oxygen atoms in total. The molecule has 35 heavy (non-hydrogen) atoms. The molecule has 186 valence electrons. The molecule has 4 N–H and O–H groups in total. The molecule has 1 aromatic heterocycles. The standard InChI is InChI=1S/C26H30FN3O4S/c1-26(2)13-23-24(20-10-4-16(27)12-22(20)30(23)35(33,34)14-26)15-3-9-19(25(28)32)21(11-15)29-17-5-7-18(31)8-6-17/h3-4,9-12,17-18,29,31H,5-8,13-14H2,1-2H3,(H2,28,32). The number of halogens is 1. The average Bonchev–Trinajstić information content (AvgIpc) is 3.07. The van der Waals surface area contributed by atoms with Crippen LogP contribution in [-0.4, -0.2) is 41.3 Å². The zero-order chi connectivity index (χ0) is 25.1. The van der Waals surface area contributed by atoms with Crippen LogP contribution in [0.3, 0.4) is 0 Å². The van der Waals surface area contributed by atoms with Crippen LogP contribution in [0.2, 0.25) is 0 Å². The van der Waals surface area contributed by atoms with Crippen LogP contribution in [0.4, 0.5) is 10.1 Å². The number of aromatic nitrogens is 1. The molecule has 5 rings (SSSR count). The second-order valence-electron chi connectivity index (χ2n) is 10.6. The fraction of sp³-hybridized carbons (Fsp3) is 0.423. The summed E-state index contributed by atoms with van der Waals surface area (Å²) in [7, 11) is -3.70. The Morgan fingerprint density at radius 2 is 1.86 bits per heavy atom. The Kier molecular flexibility index (Phi) is 5.68. The van der Waals surface area contributed by atoms with E-state index in [9.17, 15) is 22.7 Å². The van der Waals surface area contributed by atoms with Crippen molar-refractivity contribution in [2.45, 2.75) is 58.1 Å². The fourth-order valence-corrected chi connectivity index (χ4v) is 7.78. The molecule has 1 aliphatic carbocycles. The number of amides is 1. The molecule has 2 aliphatic rings. The maximum absolute atomic E-state index is 14.2. The Morgan fingerprint density at radius 3 is 2.54 bits per heavy atom. The number of hydrogen-bond donors (Lipinski definition) is 3. The van der Waals surface area contributed by atoms with Crippen LogP contribution in [0.15, 0.2) is 36.4 Å². The lowest BCUT2D eigenvalue weighted by Gasteiger charge is -2.31. The van der Waals surface area contributed by atoms with Gasteiger partial charge in [0.1, 0.15) is 5.82 Å². The fourth-order valence-electron chi connectivity index (χ4n) is 5.62. The molecule has 1 saturated carbocycles. The first-order valence-corrected chi connectivity index (χ1v) is 13.5. The minimum atomic E-state index is -3.70. The first-order chi connectivity index (χ1) is 16.4. The van der Waals surface area contributed by atoms with Crippen molar-refractivity contribution in [3.63, 3.8) is 0 Å². The number of primary amides is 1. The van der Waals surface area contributed by atoms with Gasteiger partial charge in [0.2, 0.25) is 10.0 Å². The molecule has 0 atom stereocenters. The normalized spacial score (nSPS) is 23.1. The highest BCUT2D eigenvalue weighted by molar-refractivity contribution is 7.90. The monoisotopic (exact) mass is 499 g/mol. The lowest BCUT2D eigenvalue weighted by atomic mass is 9.87. The minimum Gasteiger partial charge on any atom is -0.393 e. The van der Waals surface area contributed by atoms with Crippen molar-refractivity contribution in [1.82, 2.24) is 3.97 Å². The highest BCUT2D eigenvalue weighted by Crippen LogP contribution is 2.44. The minimum absolute atomic E-state index is 0.0340. The van der Waals surface area contributed by atoms with E-state index < -0.39 is 27.2 Å². The molecule has 1 amide bonds. The highest BCUT2D eigenvalue weighted by atomic mass is 32.2. The van der Waals surface area contributed by atoms with Crippen molar-refractivity contribution in [3.05, 3.63) is 53.5 Å². The molecule has 1 aliphatic heterocycles. The van der Waals surface area contributed by atoms with Crippen LogP contribution in [0.25, 0.3) is 22.0 Å². The quantitative estimate of drug-likeness (QED) is 0.502. The van der Waals surface area contributed by atoms with Crippen molar-refractivity contribution in [3.8, 4) is 11.1 Å². The van der Waals surface area contributed by atoms with Gasteiger partial charge in [0.25, 0.3) is 5.91 Å². The summed E-state index contributed by atoms with van der Waals surface area (Å²) in [5, 5.41) is 13.9. The van der Waals surface area contributed by atoms with Crippen molar-refractivity contribution in [2.24, 2.45) is 11.1 Å². The molecule has 2 heterocycles. The molecule has 0 spiro atoms. The van der Waals surface area contributed by atoms with Crippen molar-refractivity contribution in [2.75, 3.05) is 11.1 Å². The SMILES string of the molecule is CC1(C)Cc2c(-c3ccc(C(N)=O)c(NC4CCC(O)CC4)c3)c3ccc(F)cc3n2S(=O)(=O)C1. The van der Waals surface area contributed by atoms with Gasteiger partial charge in [-0.15, -0.1) is 0 Å². The first kappa shape index (κ1) is 23.8.